The molecule has 0 amide bonds. The summed E-state index contributed by atoms with van der Waals surface area (Å²) in [6.07, 6.45) is 5.65. The molecule has 0 radical (unpaired) electrons. The molecule has 2 nitrogen and oxygen atoms in total. The molecule has 0 aromatic carbocycles. The Bertz CT molecular complexity index is 73.9. The molecule has 0 atom stereocenters. The topological polar surface area (TPSA) is 24.1 Å². The summed E-state index contributed by atoms with van der Waals surface area (Å²) >= 11 is 2.03. The normalized spacial score (nSPS) is 24.0. The number of thioether (sulfide) groups is 1. The number of hydrogen-bond acceptors (Lipinski definition) is 3. The van der Waals surface area contributed by atoms with Crippen molar-refractivity contribution in [3.63, 3.8) is 0 Å². The summed E-state index contributed by atoms with van der Waals surface area (Å²) in [6.45, 7) is 4.93. The molecule has 0 spiro atoms. The van der Waals surface area contributed by atoms with Crippen molar-refractivity contribution in [2.75, 3.05) is 37.7 Å². The Morgan fingerprint density at radius 1 is 0.615 bits per heavy atom. The minimum absolute atomic E-state index is 1.21. The van der Waals surface area contributed by atoms with Gasteiger partial charge in [-0.05, 0) is 25.9 Å². The Labute approximate surface area is 86.2 Å². The molecule has 0 bridgehead atoms. The summed E-state index contributed by atoms with van der Waals surface area (Å²) in [6, 6.07) is 0. The average Bonchev–Trinajstić information content (AvgIpc) is 2.53. The lowest BCUT2D eigenvalue weighted by Crippen LogP contribution is -2.24. The quantitative estimate of drug-likeness (QED) is 0.622. The van der Waals surface area contributed by atoms with Crippen molar-refractivity contribution in [3.8, 4) is 0 Å². The maximum Gasteiger partial charge on any atom is 0.00585 e. The standard InChI is InChI=1S/C6H13N.C4H9NS/c1-2-4-6-7-5-3-1;1-3-6-4-2-5-1/h7H,1-6H2;5H,1-4H2. The molecule has 0 aliphatic carbocycles. The second-order valence-electron chi connectivity index (χ2n) is 3.53. The van der Waals surface area contributed by atoms with Gasteiger partial charge in [-0.2, -0.15) is 11.8 Å². The summed E-state index contributed by atoms with van der Waals surface area (Å²) in [5.74, 6) is 2.61. The summed E-state index contributed by atoms with van der Waals surface area (Å²) in [4.78, 5) is 0. The van der Waals surface area contributed by atoms with Gasteiger partial charge >= 0.3 is 0 Å². The largest absolute Gasteiger partial charge is 0.317 e. The van der Waals surface area contributed by atoms with E-state index >= 15 is 0 Å². The van der Waals surface area contributed by atoms with Crippen molar-refractivity contribution in [2.24, 2.45) is 0 Å². The SMILES string of the molecule is C1CCCNCC1.C1CSCCN1. The summed E-state index contributed by atoms with van der Waals surface area (Å²) in [5, 5.41) is 6.61. The Morgan fingerprint density at radius 2 is 1.15 bits per heavy atom. The second kappa shape index (κ2) is 8.85. The highest BCUT2D eigenvalue weighted by molar-refractivity contribution is 7.99. The van der Waals surface area contributed by atoms with Crippen molar-refractivity contribution >= 4 is 11.8 Å². The summed E-state index contributed by atoms with van der Waals surface area (Å²) in [5.41, 5.74) is 0. The molecule has 2 saturated heterocycles. The molecule has 0 unspecified atom stereocenters. The molecule has 2 aliphatic rings. The molecule has 2 heterocycles. The highest BCUT2D eigenvalue weighted by Gasteiger charge is 1.94. The number of rotatable bonds is 0. The van der Waals surface area contributed by atoms with Crippen molar-refractivity contribution in [1.82, 2.24) is 10.6 Å². The second-order valence-corrected chi connectivity index (χ2v) is 4.75. The van der Waals surface area contributed by atoms with Crippen LogP contribution in [0.15, 0.2) is 0 Å². The van der Waals surface area contributed by atoms with Crippen molar-refractivity contribution in [1.29, 1.82) is 0 Å². The predicted molar refractivity (Wildman–Crippen MR) is 61.5 cm³/mol. The molecule has 13 heavy (non-hydrogen) atoms. The maximum absolute atomic E-state index is 3.35. The lowest BCUT2D eigenvalue weighted by atomic mass is 10.2. The molecule has 2 rings (SSSR count). The molecule has 2 fully saturated rings. The first kappa shape index (κ1) is 11.3. The van der Waals surface area contributed by atoms with Crippen LogP contribution in [0.2, 0.25) is 0 Å². The van der Waals surface area contributed by atoms with Gasteiger partial charge in [0, 0.05) is 24.6 Å². The van der Waals surface area contributed by atoms with Crippen LogP contribution < -0.4 is 10.6 Å². The van der Waals surface area contributed by atoms with Gasteiger partial charge in [-0.25, -0.2) is 0 Å². The van der Waals surface area contributed by atoms with E-state index in [0.717, 1.165) is 0 Å². The molecule has 2 aliphatic heterocycles. The number of nitrogens with one attached hydrogen (secondary N) is 2. The van der Waals surface area contributed by atoms with Crippen molar-refractivity contribution in [2.45, 2.75) is 25.7 Å². The minimum Gasteiger partial charge on any atom is -0.317 e. The molecule has 0 aromatic rings. The van der Waals surface area contributed by atoms with Crippen LogP contribution in [-0.2, 0) is 0 Å². The molecule has 0 aromatic heterocycles. The van der Waals surface area contributed by atoms with E-state index in [-0.39, 0.29) is 0 Å². The van der Waals surface area contributed by atoms with E-state index in [1.165, 1.54) is 63.4 Å². The molecular formula is C10H22N2S. The smallest absolute Gasteiger partial charge is 0.00585 e. The number of hydrogen-bond donors (Lipinski definition) is 2. The minimum atomic E-state index is 1.21. The van der Waals surface area contributed by atoms with Gasteiger partial charge in [-0.3, -0.25) is 0 Å². The third-order valence-electron chi connectivity index (χ3n) is 2.30. The third kappa shape index (κ3) is 7.35. The van der Waals surface area contributed by atoms with Gasteiger partial charge in [0.1, 0.15) is 0 Å². The molecule has 78 valence electrons. The highest BCUT2D eigenvalue weighted by atomic mass is 32.2. The van der Waals surface area contributed by atoms with E-state index in [2.05, 4.69) is 10.6 Å². The highest BCUT2D eigenvalue weighted by Crippen LogP contribution is 2.00. The predicted octanol–water partition coefficient (Wildman–Crippen LogP) is 1.47. The first-order valence-electron chi connectivity index (χ1n) is 5.49. The fraction of sp³-hybridized carbons (Fsp3) is 1.00. The van der Waals surface area contributed by atoms with Crippen molar-refractivity contribution in [3.05, 3.63) is 0 Å². The van der Waals surface area contributed by atoms with Gasteiger partial charge in [0.25, 0.3) is 0 Å². The lowest BCUT2D eigenvalue weighted by molar-refractivity contribution is 0.702. The zero-order chi connectivity index (χ0) is 9.19. The van der Waals surface area contributed by atoms with Gasteiger partial charge in [0.2, 0.25) is 0 Å². The zero-order valence-corrected chi connectivity index (χ0v) is 9.30. The fourth-order valence-corrected chi connectivity index (χ4v) is 2.28. The van der Waals surface area contributed by atoms with Crippen molar-refractivity contribution < 1.29 is 0 Å². The monoisotopic (exact) mass is 202 g/mol. The van der Waals surface area contributed by atoms with E-state index in [1.54, 1.807) is 0 Å². The lowest BCUT2D eigenvalue weighted by Gasteiger charge is -2.08. The van der Waals surface area contributed by atoms with Crippen LogP contribution in [0.1, 0.15) is 25.7 Å². The van der Waals surface area contributed by atoms with E-state index in [4.69, 9.17) is 0 Å². The van der Waals surface area contributed by atoms with Crippen LogP contribution in [0.3, 0.4) is 0 Å². The molecule has 3 heteroatoms. The summed E-state index contributed by atoms with van der Waals surface area (Å²) < 4.78 is 0. The third-order valence-corrected chi connectivity index (χ3v) is 3.29. The van der Waals surface area contributed by atoms with E-state index in [0.29, 0.717) is 0 Å². The van der Waals surface area contributed by atoms with Crippen LogP contribution in [0.5, 0.6) is 0 Å². The van der Waals surface area contributed by atoms with Gasteiger partial charge in [0.15, 0.2) is 0 Å². The first-order valence-corrected chi connectivity index (χ1v) is 6.65. The molecule has 2 N–H and O–H groups in total. The first-order chi connectivity index (χ1) is 6.50. The Hall–Kier alpha value is 0.270. The Kier molecular flexibility index (Phi) is 7.72. The molecule has 0 saturated carbocycles. The zero-order valence-electron chi connectivity index (χ0n) is 8.48. The van der Waals surface area contributed by atoms with E-state index in [1.807, 2.05) is 11.8 Å². The van der Waals surface area contributed by atoms with E-state index < -0.39 is 0 Å². The van der Waals surface area contributed by atoms with Crippen LogP contribution in [0.25, 0.3) is 0 Å². The Morgan fingerprint density at radius 3 is 1.54 bits per heavy atom. The Balaban J connectivity index is 0.000000132. The van der Waals surface area contributed by atoms with Gasteiger partial charge in [-0.1, -0.05) is 12.8 Å². The van der Waals surface area contributed by atoms with Crippen LogP contribution in [0.4, 0.5) is 0 Å². The van der Waals surface area contributed by atoms with Crippen LogP contribution in [-0.4, -0.2) is 37.7 Å². The molecular weight excluding hydrogens is 180 g/mol. The maximum atomic E-state index is 3.35. The van der Waals surface area contributed by atoms with Gasteiger partial charge < -0.3 is 10.6 Å². The van der Waals surface area contributed by atoms with Gasteiger partial charge in [-0.15, -0.1) is 0 Å². The van der Waals surface area contributed by atoms with Gasteiger partial charge in [0.05, 0.1) is 0 Å². The fourth-order valence-electron chi connectivity index (χ4n) is 1.49. The average molecular weight is 202 g/mol. The van der Waals surface area contributed by atoms with E-state index in [9.17, 15) is 0 Å². The van der Waals surface area contributed by atoms with Crippen LogP contribution in [0, 0.1) is 0 Å². The summed E-state index contributed by atoms with van der Waals surface area (Å²) in [7, 11) is 0. The van der Waals surface area contributed by atoms with Crippen LogP contribution >= 0.6 is 11.8 Å².